The number of aliphatic hydroxyl groups excluding tert-OH is 1. The summed E-state index contributed by atoms with van der Waals surface area (Å²) in [5.41, 5.74) is 0.204. The van der Waals surface area contributed by atoms with Gasteiger partial charge in [-0.25, -0.2) is 4.98 Å². The van der Waals surface area contributed by atoms with Gasteiger partial charge in [0.05, 0.1) is 36.2 Å². The highest BCUT2D eigenvalue weighted by Gasteiger charge is 2.47. The van der Waals surface area contributed by atoms with Crippen LogP contribution in [-0.2, 0) is 16.8 Å². The first-order valence-corrected chi connectivity index (χ1v) is 8.22. The predicted molar refractivity (Wildman–Crippen MR) is 89.1 cm³/mol. The summed E-state index contributed by atoms with van der Waals surface area (Å²) in [5.74, 6) is 0.723. The Balaban J connectivity index is 2.18. The second-order valence-electron chi connectivity index (χ2n) is 7.07. The predicted octanol–water partition coefficient (Wildman–Crippen LogP) is 2.54. The smallest absolute Gasteiger partial charge is 0.229 e. The Morgan fingerprint density at radius 1 is 1.42 bits per heavy atom. The first kappa shape index (κ1) is 17.2. The quantitative estimate of drug-likeness (QED) is 0.873. The van der Waals surface area contributed by atoms with E-state index in [1.54, 1.807) is 34.3 Å². The van der Waals surface area contributed by atoms with Gasteiger partial charge in [0.25, 0.3) is 0 Å². The number of hydrogen-bond donors (Lipinski definition) is 2. The maximum atomic E-state index is 10.7. The molecule has 1 aliphatic carbocycles. The molecule has 0 radical (unpaired) electrons. The summed E-state index contributed by atoms with van der Waals surface area (Å²) in [4.78, 5) is 4.65. The molecule has 0 bridgehead atoms. The Morgan fingerprint density at radius 3 is 2.79 bits per heavy atom. The number of rotatable bonds is 5. The lowest BCUT2D eigenvalue weighted by Gasteiger charge is -2.42. The molecule has 0 fully saturated rings. The zero-order valence-electron chi connectivity index (χ0n) is 14.6. The lowest BCUT2D eigenvalue weighted by molar-refractivity contribution is -0.133. The molecule has 6 nitrogen and oxygen atoms in total. The summed E-state index contributed by atoms with van der Waals surface area (Å²) in [7, 11) is 3.20. The highest BCUT2D eigenvalue weighted by Crippen LogP contribution is 2.46. The number of nitrogens with zero attached hydrogens (tertiary/aromatic N) is 1. The summed E-state index contributed by atoms with van der Waals surface area (Å²) < 4.78 is 16.9. The molecule has 2 heterocycles. The molecule has 24 heavy (non-hydrogen) atoms. The van der Waals surface area contributed by atoms with Crippen LogP contribution in [0.2, 0.25) is 0 Å². The van der Waals surface area contributed by atoms with E-state index < -0.39 is 17.3 Å². The molecule has 2 atom stereocenters. The number of ether oxygens (including phenoxy) is 2. The maximum absolute atomic E-state index is 10.7. The molecule has 0 saturated heterocycles. The van der Waals surface area contributed by atoms with Crippen molar-refractivity contribution in [3.63, 3.8) is 0 Å². The molecule has 1 aliphatic rings. The van der Waals surface area contributed by atoms with Crippen molar-refractivity contribution in [2.24, 2.45) is 0 Å². The van der Waals surface area contributed by atoms with Crippen molar-refractivity contribution in [1.29, 1.82) is 0 Å². The molecule has 0 spiro atoms. The fourth-order valence-electron chi connectivity index (χ4n) is 3.60. The van der Waals surface area contributed by atoms with E-state index >= 15 is 0 Å². The summed E-state index contributed by atoms with van der Waals surface area (Å²) in [6, 6.07) is 1.83. The van der Waals surface area contributed by atoms with E-state index in [1.165, 1.54) is 0 Å². The third kappa shape index (κ3) is 2.68. The Morgan fingerprint density at radius 2 is 2.17 bits per heavy atom. The first-order chi connectivity index (χ1) is 11.3. The molecular formula is C18H25NO5. The van der Waals surface area contributed by atoms with Gasteiger partial charge in [-0.1, -0.05) is 0 Å². The number of pyridine rings is 1. The van der Waals surface area contributed by atoms with Gasteiger partial charge in [0.2, 0.25) is 5.71 Å². The van der Waals surface area contributed by atoms with E-state index in [0.29, 0.717) is 37.1 Å². The van der Waals surface area contributed by atoms with E-state index in [9.17, 15) is 10.2 Å². The topological polar surface area (TPSA) is 85.0 Å². The van der Waals surface area contributed by atoms with Gasteiger partial charge in [-0.2, -0.15) is 0 Å². The van der Waals surface area contributed by atoms with Gasteiger partial charge in [-0.05, 0) is 45.6 Å². The SMILES string of the molecule is COc1c2c(nc3occc13)[C@@](CCC(C)(C)O)(OC)[C@H](O)CC2. The van der Waals surface area contributed by atoms with Crippen molar-refractivity contribution in [1.82, 2.24) is 4.98 Å². The fraction of sp³-hybridized carbons (Fsp3) is 0.611. The zero-order valence-corrected chi connectivity index (χ0v) is 14.6. The summed E-state index contributed by atoms with van der Waals surface area (Å²) in [5, 5.41) is 21.7. The number of hydrogen-bond acceptors (Lipinski definition) is 6. The van der Waals surface area contributed by atoms with Crippen LogP contribution in [0.1, 0.15) is 44.4 Å². The van der Waals surface area contributed by atoms with Crippen LogP contribution in [0.5, 0.6) is 5.75 Å². The molecular weight excluding hydrogens is 310 g/mol. The monoisotopic (exact) mass is 335 g/mol. The van der Waals surface area contributed by atoms with Crippen LogP contribution >= 0.6 is 0 Å². The zero-order chi connectivity index (χ0) is 17.5. The molecule has 2 aromatic heterocycles. The van der Waals surface area contributed by atoms with Crippen LogP contribution in [0.15, 0.2) is 16.7 Å². The third-order valence-electron chi connectivity index (χ3n) is 4.95. The average Bonchev–Trinajstić information content (AvgIpc) is 2.99. The van der Waals surface area contributed by atoms with E-state index in [0.717, 1.165) is 16.7 Å². The highest BCUT2D eigenvalue weighted by molar-refractivity contribution is 5.83. The normalized spacial score (nSPS) is 24.2. The van der Waals surface area contributed by atoms with Crippen LogP contribution in [0.4, 0.5) is 0 Å². The van der Waals surface area contributed by atoms with Crippen molar-refractivity contribution >= 4 is 11.1 Å². The van der Waals surface area contributed by atoms with Crippen molar-refractivity contribution < 1.29 is 24.1 Å². The highest BCUT2D eigenvalue weighted by atomic mass is 16.5. The molecule has 2 aromatic rings. The lowest BCUT2D eigenvalue weighted by Crippen LogP contribution is -2.47. The number of furan rings is 1. The minimum absolute atomic E-state index is 0.448. The third-order valence-corrected chi connectivity index (χ3v) is 4.95. The van der Waals surface area contributed by atoms with Crippen LogP contribution in [0.25, 0.3) is 11.1 Å². The van der Waals surface area contributed by atoms with Gasteiger partial charge in [0, 0.05) is 12.7 Å². The first-order valence-electron chi connectivity index (χ1n) is 8.22. The minimum Gasteiger partial charge on any atom is -0.496 e. The summed E-state index contributed by atoms with van der Waals surface area (Å²) in [6.45, 7) is 3.49. The second kappa shape index (κ2) is 6.02. The molecule has 3 rings (SSSR count). The van der Waals surface area contributed by atoms with E-state index in [1.807, 2.05) is 6.07 Å². The number of aliphatic hydroxyl groups is 2. The second-order valence-corrected chi connectivity index (χ2v) is 7.07. The van der Waals surface area contributed by atoms with E-state index in [4.69, 9.17) is 13.9 Å². The molecule has 0 aromatic carbocycles. The molecule has 2 N–H and O–H groups in total. The van der Waals surface area contributed by atoms with Gasteiger partial charge in [-0.15, -0.1) is 0 Å². The van der Waals surface area contributed by atoms with E-state index in [2.05, 4.69) is 4.98 Å². The summed E-state index contributed by atoms with van der Waals surface area (Å²) in [6.07, 6.45) is 2.99. The number of aromatic nitrogens is 1. The van der Waals surface area contributed by atoms with Gasteiger partial charge in [-0.3, -0.25) is 0 Å². The van der Waals surface area contributed by atoms with Crippen LogP contribution in [0, 0.1) is 0 Å². The van der Waals surface area contributed by atoms with Gasteiger partial charge < -0.3 is 24.1 Å². The Kier molecular flexibility index (Phi) is 4.32. The van der Waals surface area contributed by atoms with Crippen molar-refractivity contribution in [2.75, 3.05) is 14.2 Å². The Hall–Kier alpha value is -1.63. The van der Waals surface area contributed by atoms with Crippen LogP contribution in [0.3, 0.4) is 0 Å². The van der Waals surface area contributed by atoms with Gasteiger partial charge in [0.1, 0.15) is 11.4 Å². The minimum atomic E-state index is -0.984. The largest absolute Gasteiger partial charge is 0.496 e. The molecule has 0 amide bonds. The van der Waals surface area contributed by atoms with Crippen LogP contribution < -0.4 is 4.74 Å². The van der Waals surface area contributed by atoms with Crippen LogP contribution in [-0.4, -0.2) is 41.1 Å². The Labute approximate surface area is 141 Å². The molecule has 6 heteroatoms. The van der Waals surface area contributed by atoms with Crippen molar-refractivity contribution in [2.45, 2.75) is 56.8 Å². The van der Waals surface area contributed by atoms with Crippen molar-refractivity contribution in [3.8, 4) is 5.75 Å². The molecule has 0 saturated carbocycles. The fourth-order valence-corrected chi connectivity index (χ4v) is 3.60. The molecule has 0 aliphatic heterocycles. The molecule has 0 unspecified atom stereocenters. The molecule has 132 valence electrons. The Bertz CT molecular complexity index is 733. The average molecular weight is 335 g/mol. The maximum Gasteiger partial charge on any atom is 0.229 e. The van der Waals surface area contributed by atoms with Gasteiger partial charge in [0.15, 0.2) is 0 Å². The summed E-state index contributed by atoms with van der Waals surface area (Å²) >= 11 is 0. The van der Waals surface area contributed by atoms with Crippen molar-refractivity contribution in [3.05, 3.63) is 23.6 Å². The standard InChI is InChI=1S/C18H25NO5/c1-17(2,21)8-9-18(23-4)13(20)6-5-11-14(22-3)12-7-10-24-16(12)19-15(11)18/h7,10,13,20-21H,5-6,8-9H2,1-4H3/t13-,18+/m1/s1. The van der Waals surface area contributed by atoms with E-state index in [-0.39, 0.29) is 0 Å². The number of fused-ring (bicyclic) bond motifs is 2. The van der Waals surface area contributed by atoms with Gasteiger partial charge >= 0.3 is 0 Å². The lowest BCUT2D eigenvalue weighted by atomic mass is 9.75. The number of methoxy groups -OCH3 is 2.